The highest BCUT2D eigenvalue weighted by molar-refractivity contribution is 6.30. The average Bonchev–Trinajstić information content (AvgIpc) is 3.24. The first kappa shape index (κ1) is 18.8. The molecule has 0 saturated carbocycles. The maximum Gasteiger partial charge on any atom is 0.214 e. The summed E-state index contributed by atoms with van der Waals surface area (Å²) in [6, 6.07) is 21.7. The first-order chi connectivity index (χ1) is 14.7. The summed E-state index contributed by atoms with van der Waals surface area (Å²) < 4.78 is 17.3. The molecule has 30 heavy (non-hydrogen) atoms. The lowest BCUT2D eigenvalue weighted by atomic mass is 9.95. The zero-order valence-corrected chi connectivity index (χ0v) is 17.5. The third kappa shape index (κ3) is 3.15. The lowest BCUT2D eigenvalue weighted by Crippen LogP contribution is -2.33. The van der Waals surface area contributed by atoms with E-state index in [-0.39, 0.29) is 6.04 Å². The molecule has 5 nitrogen and oxygen atoms in total. The minimum Gasteiger partial charge on any atom is -0.497 e. The van der Waals surface area contributed by atoms with Crippen molar-refractivity contribution >= 4 is 17.3 Å². The Morgan fingerprint density at radius 1 is 1.00 bits per heavy atom. The molecule has 0 aromatic heterocycles. The van der Waals surface area contributed by atoms with Crippen molar-refractivity contribution in [2.24, 2.45) is 5.10 Å². The molecule has 5 rings (SSSR count). The number of hydrogen-bond acceptors (Lipinski definition) is 5. The van der Waals surface area contributed by atoms with E-state index in [0.29, 0.717) is 5.02 Å². The van der Waals surface area contributed by atoms with Crippen LogP contribution in [0.2, 0.25) is 5.02 Å². The molecule has 0 N–H and O–H groups in total. The molecular weight excluding hydrogens is 400 g/mol. The summed E-state index contributed by atoms with van der Waals surface area (Å²) in [6.07, 6.45) is 0.376. The van der Waals surface area contributed by atoms with Gasteiger partial charge in [0.15, 0.2) is 11.5 Å². The first-order valence-corrected chi connectivity index (χ1v) is 10.1. The average molecular weight is 421 g/mol. The number of halogens is 1. The van der Waals surface area contributed by atoms with Gasteiger partial charge in [0.2, 0.25) is 6.23 Å². The molecule has 0 unspecified atom stereocenters. The topological polar surface area (TPSA) is 43.3 Å². The van der Waals surface area contributed by atoms with Crippen LogP contribution in [-0.4, -0.2) is 24.9 Å². The van der Waals surface area contributed by atoms with Gasteiger partial charge in [0.05, 0.1) is 26.0 Å². The monoisotopic (exact) mass is 420 g/mol. The van der Waals surface area contributed by atoms with Gasteiger partial charge in [-0.2, -0.15) is 5.10 Å². The zero-order chi connectivity index (χ0) is 20.7. The van der Waals surface area contributed by atoms with E-state index in [4.69, 9.17) is 30.9 Å². The molecule has 3 aromatic rings. The number of nitrogens with zero attached hydrogens (tertiary/aromatic N) is 2. The fourth-order valence-electron chi connectivity index (χ4n) is 4.08. The lowest BCUT2D eigenvalue weighted by molar-refractivity contribution is -0.0208. The molecule has 0 bridgehead atoms. The maximum absolute atomic E-state index is 6.44. The van der Waals surface area contributed by atoms with Crippen LogP contribution in [0, 0.1) is 0 Å². The predicted octanol–water partition coefficient (Wildman–Crippen LogP) is 5.60. The second-order valence-corrected chi connectivity index (χ2v) is 7.72. The summed E-state index contributed by atoms with van der Waals surface area (Å²) in [5.74, 6) is 2.31. The number of fused-ring (bicyclic) bond motifs is 3. The molecule has 2 aliphatic rings. The van der Waals surface area contributed by atoms with Crippen molar-refractivity contribution in [3.8, 4) is 17.2 Å². The summed E-state index contributed by atoms with van der Waals surface area (Å²) in [4.78, 5) is 0. The number of benzene rings is 3. The van der Waals surface area contributed by atoms with Crippen molar-refractivity contribution in [3.05, 3.63) is 88.4 Å². The predicted molar refractivity (Wildman–Crippen MR) is 117 cm³/mol. The number of para-hydroxylation sites is 1. The zero-order valence-electron chi connectivity index (χ0n) is 16.7. The number of rotatable bonds is 4. The quantitative estimate of drug-likeness (QED) is 0.551. The highest BCUT2D eigenvalue weighted by atomic mass is 35.5. The van der Waals surface area contributed by atoms with Crippen LogP contribution in [0.15, 0.2) is 71.8 Å². The van der Waals surface area contributed by atoms with Crippen LogP contribution in [0.5, 0.6) is 17.2 Å². The fraction of sp³-hybridized carbons (Fsp3) is 0.208. The molecule has 2 heterocycles. The normalized spacial score (nSPS) is 19.4. The van der Waals surface area contributed by atoms with Gasteiger partial charge in [-0.3, -0.25) is 0 Å². The van der Waals surface area contributed by atoms with E-state index < -0.39 is 6.23 Å². The Bertz CT molecular complexity index is 1110. The van der Waals surface area contributed by atoms with E-state index in [1.807, 2.05) is 65.7 Å². The minimum absolute atomic E-state index is 0.0462. The van der Waals surface area contributed by atoms with Crippen molar-refractivity contribution in [2.45, 2.75) is 18.7 Å². The standard InChI is InChI=1S/C24H21ClN2O3/c1-28-18-11-9-15(10-12-18)20-14-21-19-7-4-8-22(29-2)23(19)30-24(27(21)26-20)16-5-3-6-17(25)13-16/h3-13,21,24H,14H2,1-2H3/t21-,24-/m1/s1. The summed E-state index contributed by atoms with van der Waals surface area (Å²) in [7, 11) is 3.33. The molecule has 0 fully saturated rings. The van der Waals surface area contributed by atoms with Crippen LogP contribution in [-0.2, 0) is 0 Å². The van der Waals surface area contributed by atoms with Gasteiger partial charge < -0.3 is 14.2 Å². The summed E-state index contributed by atoms with van der Waals surface area (Å²) in [5, 5.41) is 7.68. The van der Waals surface area contributed by atoms with Gasteiger partial charge in [0.25, 0.3) is 0 Å². The molecule has 0 spiro atoms. The Kier molecular flexibility index (Phi) is 4.75. The lowest BCUT2D eigenvalue weighted by Gasteiger charge is -2.38. The van der Waals surface area contributed by atoms with E-state index in [2.05, 4.69) is 6.07 Å². The number of hydrazone groups is 1. The first-order valence-electron chi connectivity index (χ1n) is 9.77. The summed E-state index contributed by atoms with van der Waals surface area (Å²) in [6.45, 7) is 0. The van der Waals surface area contributed by atoms with Crippen molar-refractivity contribution in [3.63, 3.8) is 0 Å². The van der Waals surface area contributed by atoms with Gasteiger partial charge in [0.1, 0.15) is 5.75 Å². The smallest absolute Gasteiger partial charge is 0.214 e. The largest absolute Gasteiger partial charge is 0.497 e. The molecule has 0 aliphatic carbocycles. The van der Waals surface area contributed by atoms with Crippen LogP contribution in [0.25, 0.3) is 0 Å². The van der Waals surface area contributed by atoms with Crippen molar-refractivity contribution in [2.75, 3.05) is 14.2 Å². The Hall–Kier alpha value is -3.18. The third-order valence-corrected chi connectivity index (χ3v) is 5.79. The molecule has 6 heteroatoms. The molecule has 152 valence electrons. The van der Waals surface area contributed by atoms with E-state index in [0.717, 1.165) is 46.1 Å². The van der Waals surface area contributed by atoms with E-state index in [1.54, 1.807) is 14.2 Å². The van der Waals surface area contributed by atoms with Gasteiger partial charge >= 0.3 is 0 Å². The highest BCUT2D eigenvalue weighted by Gasteiger charge is 2.42. The Labute approximate surface area is 180 Å². The van der Waals surface area contributed by atoms with Crippen LogP contribution in [0.3, 0.4) is 0 Å². The Morgan fingerprint density at radius 2 is 1.80 bits per heavy atom. The number of methoxy groups -OCH3 is 2. The highest BCUT2D eigenvalue weighted by Crippen LogP contribution is 2.50. The van der Waals surface area contributed by atoms with Gasteiger partial charge in [0, 0.05) is 22.6 Å². The van der Waals surface area contributed by atoms with E-state index in [1.165, 1.54) is 0 Å². The van der Waals surface area contributed by atoms with Crippen LogP contribution in [0.1, 0.15) is 35.4 Å². The van der Waals surface area contributed by atoms with Gasteiger partial charge in [-0.25, -0.2) is 5.01 Å². The van der Waals surface area contributed by atoms with Crippen LogP contribution < -0.4 is 14.2 Å². The summed E-state index contributed by atoms with van der Waals surface area (Å²) >= 11 is 6.27. The van der Waals surface area contributed by atoms with E-state index >= 15 is 0 Å². The summed E-state index contributed by atoms with van der Waals surface area (Å²) in [5.41, 5.74) is 4.09. The van der Waals surface area contributed by atoms with Crippen LogP contribution >= 0.6 is 11.6 Å². The van der Waals surface area contributed by atoms with Gasteiger partial charge in [-0.1, -0.05) is 35.9 Å². The SMILES string of the molecule is COc1ccc(C2=NN3[C@H](C2)c2cccc(OC)c2O[C@@H]3c2cccc(Cl)c2)cc1. The number of ether oxygens (including phenoxy) is 3. The third-order valence-electron chi connectivity index (χ3n) is 5.56. The van der Waals surface area contributed by atoms with Gasteiger partial charge in [-0.05, 0) is 48.0 Å². The Morgan fingerprint density at radius 3 is 2.53 bits per heavy atom. The molecule has 2 aliphatic heterocycles. The molecular formula is C24H21ClN2O3. The maximum atomic E-state index is 6.44. The minimum atomic E-state index is -0.395. The molecule has 0 radical (unpaired) electrons. The molecule has 0 amide bonds. The fourth-order valence-corrected chi connectivity index (χ4v) is 4.28. The second kappa shape index (κ2) is 7.58. The number of hydrogen-bond donors (Lipinski definition) is 0. The van der Waals surface area contributed by atoms with Crippen LogP contribution in [0.4, 0.5) is 0 Å². The Balaban J connectivity index is 1.60. The van der Waals surface area contributed by atoms with Crippen molar-refractivity contribution in [1.29, 1.82) is 0 Å². The van der Waals surface area contributed by atoms with Gasteiger partial charge in [-0.15, -0.1) is 0 Å². The molecule has 0 saturated heterocycles. The second-order valence-electron chi connectivity index (χ2n) is 7.28. The van der Waals surface area contributed by atoms with E-state index in [9.17, 15) is 0 Å². The van der Waals surface area contributed by atoms with Crippen molar-refractivity contribution < 1.29 is 14.2 Å². The molecule has 2 atom stereocenters. The molecule has 3 aromatic carbocycles. The van der Waals surface area contributed by atoms with Crippen molar-refractivity contribution in [1.82, 2.24) is 5.01 Å².